The lowest BCUT2D eigenvalue weighted by Crippen LogP contribution is -1.96. The summed E-state index contributed by atoms with van der Waals surface area (Å²) in [7, 11) is 1.39. The second-order valence-electron chi connectivity index (χ2n) is 4.11. The Morgan fingerprint density at radius 2 is 1.85 bits per heavy atom. The zero-order valence-electron chi connectivity index (χ0n) is 10.7. The number of hydrogen-bond acceptors (Lipinski definition) is 4. The van der Waals surface area contributed by atoms with Crippen molar-refractivity contribution in [3.8, 4) is 22.6 Å². The number of carbonyl (C=O) groups is 2. The molecular weight excluding hydrogens is 260 g/mol. The van der Waals surface area contributed by atoms with Crippen molar-refractivity contribution >= 4 is 12.3 Å². The van der Waals surface area contributed by atoms with Crippen molar-refractivity contribution in [2.24, 2.45) is 0 Å². The van der Waals surface area contributed by atoms with Crippen LogP contribution in [0, 0.1) is 0 Å². The van der Waals surface area contributed by atoms with Crippen LogP contribution in [0.5, 0.6) is 11.5 Å². The van der Waals surface area contributed by atoms with E-state index >= 15 is 0 Å². The molecule has 5 nitrogen and oxygen atoms in total. The number of rotatable bonds is 4. The first-order valence-corrected chi connectivity index (χ1v) is 5.76. The summed E-state index contributed by atoms with van der Waals surface area (Å²) in [4.78, 5) is 21.9. The second kappa shape index (κ2) is 5.44. The van der Waals surface area contributed by atoms with E-state index in [1.807, 2.05) is 0 Å². The van der Waals surface area contributed by atoms with Gasteiger partial charge in [-0.3, -0.25) is 4.79 Å². The minimum atomic E-state index is -1.02. The number of carbonyl (C=O) groups excluding carboxylic acids is 1. The summed E-state index contributed by atoms with van der Waals surface area (Å²) >= 11 is 0. The number of hydrogen-bond donors (Lipinski definition) is 2. The van der Waals surface area contributed by atoms with Crippen LogP contribution in [0.1, 0.15) is 20.7 Å². The van der Waals surface area contributed by atoms with Crippen LogP contribution in [-0.2, 0) is 0 Å². The normalized spacial score (nSPS) is 10.1. The van der Waals surface area contributed by atoms with Gasteiger partial charge in [0.15, 0.2) is 17.8 Å². The van der Waals surface area contributed by atoms with Crippen LogP contribution in [-0.4, -0.2) is 29.6 Å². The number of benzene rings is 2. The number of ether oxygens (including phenoxy) is 1. The summed E-state index contributed by atoms with van der Waals surface area (Å²) in [5.41, 5.74) is 1.65. The van der Waals surface area contributed by atoms with E-state index in [9.17, 15) is 14.7 Å². The molecule has 0 saturated heterocycles. The van der Waals surface area contributed by atoms with E-state index in [-0.39, 0.29) is 17.1 Å². The lowest BCUT2D eigenvalue weighted by atomic mass is 9.98. The van der Waals surface area contributed by atoms with Gasteiger partial charge in [0.25, 0.3) is 0 Å². The summed E-state index contributed by atoms with van der Waals surface area (Å²) in [6.45, 7) is 0. The maximum Gasteiger partial charge on any atom is 0.335 e. The van der Waals surface area contributed by atoms with Crippen molar-refractivity contribution in [3.63, 3.8) is 0 Å². The van der Waals surface area contributed by atoms with E-state index in [0.29, 0.717) is 23.0 Å². The highest BCUT2D eigenvalue weighted by molar-refractivity contribution is 5.91. The standard InChI is InChI=1S/C15H12O5/c1-20-14-6-11(8-16)12(7-13(14)17)9-2-4-10(5-3-9)15(18)19/h2-8,17H,1H3,(H,18,19). The quantitative estimate of drug-likeness (QED) is 0.836. The molecule has 0 atom stereocenters. The molecule has 0 heterocycles. The van der Waals surface area contributed by atoms with Crippen LogP contribution >= 0.6 is 0 Å². The first kappa shape index (κ1) is 13.6. The molecule has 0 fully saturated rings. The summed E-state index contributed by atoms with van der Waals surface area (Å²) < 4.78 is 4.94. The molecule has 0 aliphatic rings. The smallest absolute Gasteiger partial charge is 0.335 e. The van der Waals surface area contributed by atoms with Crippen LogP contribution in [0.15, 0.2) is 36.4 Å². The highest BCUT2D eigenvalue weighted by Gasteiger charge is 2.12. The Morgan fingerprint density at radius 3 is 2.35 bits per heavy atom. The molecule has 0 unspecified atom stereocenters. The van der Waals surface area contributed by atoms with Gasteiger partial charge in [-0.1, -0.05) is 12.1 Å². The number of methoxy groups -OCH3 is 1. The zero-order valence-corrected chi connectivity index (χ0v) is 10.7. The van der Waals surface area contributed by atoms with Crippen LogP contribution in [0.3, 0.4) is 0 Å². The number of carboxylic acids is 1. The second-order valence-corrected chi connectivity index (χ2v) is 4.11. The van der Waals surface area contributed by atoms with Gasteiger partial charge in [0.1, 0.15) is 0 Å². The zero-order chi connectivity index (χ0) is 14.7. The van der Waals surface area contributed by atoms with Crippen molar-refractivity contribution in [1.29, 1.82) is 0 Å². The predicted octanol–water partition coefficient (Wildman–Crippen LogP) is 2.58. The van der Waals surface area contributed by atoms with Gasteiger partial charge in [0.05, 0.1) is 12.7 Å². The SMILES string of the molecule is COc1cc(C=O)c(-c2ccc(C(=O)O)cc2)cc1O. The van der Waals surface area contributed by atoms with Gasteiger partial charge in [-0.05, 0) is 35.4 Å². The summed E-state index contributed by atoms with van der Waals surface area (Å²) in [5.74, 6) is -0.904. The van der Waals surface area contributed by atoms with Gasteiger partial charge in [0, 0.05) is 5.56 Å². The van der Waals surface area contributed by atoms with Crippen molar-refractivity contribution in [3.05, 3.63) is 47.5 Å². The third-order valence-electron chi connectivity index (χ3n) is 2.92. The lowest BCUT2D eigenvalue weighted by molar-refractivity contribution is 0.0696. The molecule has 0 amide bonds. The fourth-order valence-corrected chi connectivity index (χ4v) is 1.89. The lowest BCUT2D eigenvalue weighted by Gasteiger charge is -2.10. The van der Waals surface area contributed by atoms with E-state index in [0.717, 1.165) is 0 Å². The molecule has 5 heteroatoms. The van der Waals surface area contributed by atoms with Crippen molar-refractivity contribution < 1.29 is 24.5 Å². The molecule has 2 aromatic rings. The Labute approximate surface area is 115 Å². The molecule has 0 aromatic heterocycles. The third-order valence-corrected chi connectivity index (χ3v) is 2.92. The number of phenols is 1. The van der Waals surface area contributed by atoms with Crippen LogP contribution in [0.2, 0.25) is 0 Å². The van der Waals surface area contributed by atoms with Crippen LogP contribution < -0.4 is 4.74 Å². The summed E-state index contributed by atoms with van der Waals surface area (Å²) in [6.07, 6.45) is 0.655. The molecule has 0 bridgehead atoms. The first-order valence-electron chi connectivity index (χ1n) is 5.76. The molecule has 0 radical (unpaired) electrons. The molecule has 102 valence electrons. The summed E-state index contributed by atoms with van der Waals surface area (Å²) in [6, 6.07) is 8.89. The fourth-order valence-electron chi connectivity index (χ4n) is 1.89. The number of aldehydes is 1. The maximum absolute atomic E-state index is 11.1. The topological polar surface area (TPSA) is 83.8 Å². The number of phenolic OH excluding ortho intramolecular Hbond substituents is 1. The molecule has 0 spiro atoms. The van der Waals surface area contributed by atoms with Crippen LogP contribution in [0.25, 0.3) is 11.1 Å². The van der Waals surface area contributed by atoms with Crippen molar-refractivity contribution in [2.45, 2.75) is 0 Å². The molecular formula is C15H12O5. The first-order chi connectivity index (χ1) is 9.56. The Hall–Kier alpha value is -2.82. The van der Waals surface area contributed by atoms with Crippen molar-refractivity contribution in [2.75, 3.05) is 7.11 Å². The van der Waals surface area contributed by atoms with E-state index < -0.39 is 5.97 Å². The number of aromatic hydroxyl groups is 1. The molecule has 2 aromatic carbocycles. The van der Waals surface area contributed by atoms with Gasteiger partial charge in [-0.25, -0.2) is 4.79 Å². The van der Waals surface area contributed by atoms with Gasteiger partial charge < -0.3 is 14.9 Å². The maximum atomic E-state index is 11.1. The predicted molar refractivity (Wildman–Crippen MR) is 72.4 cm³/mol. The van der Waals surface area contributed by atoms with E-state index in [1.54, 1.807) is 12.1 Å². The molecule has 0 saturated carbocycles. The number of carboxylic acid groups (broad SMARTS) is 1. The molecule has 0 aliphatic carbocycles. The highest BCUT2D eigenvalue weighted by Crippen LogP contribution is 2.34. The molecule has 2 rings (SSSR count). The molecule has 2 N–H and O–H groups in total. The van der Waals surface area contributed by atoms with E-state index in [2.05, 4.69) is 0 Å². The minimum absolute atomic E-state index is 0.0876. The summed E-state index contributed by atoms with van der Waals surface area (Å²) in [5, 5.41) is 18.6. The molecule has 0 aliphatic heterocycles. The highest BCUT2D eigenvalue weighted by atomic mass is 16.5. The minimum Gasteiger partial charge on any atom is -0.504 e. The average Bonchev–Trinajstić information content (AvgIpc) is 2.47. The van der Waals surface area contributed by atoms with E-state index in [4.69, 9.17) is 9.84 Å². The Kier molecular flexibility index (Phi) is 3.70. The Balaban J connectivity index is 2.54. The fraction of sp³-hybridized carbons (Fsp3) is 0.0667. The third kappa shape index (κ3) is 2.47. The van der Waals surface area contributed by atoms with Gasteiger partial charge in [-0.15, -0.1) is 0 Å². The van der Waals surface area contributed by atoms with Gasteiger partial charge in [-0.2, -0.15) is 0 Å². The van der Waals surface area contributed by atoms with Gasteiger partial charge in [0.2, 0.25) is 0 Å². The largest absolute Gasteiger partial charge is 0.504 e. The Bertz CT molecular complexity index is 659. The van der Waals surface area contributed by atoms with Crippen LogP contribution in [0.4, 0.5) is 0 Å². The average molecular weight is 272 g/mol. The van der Waals surface area contributed by atoms with Crippen molar-refractivity contribution in [1.82, 2.24) is 0 Å². The Morgan fingerprint density at radius 1 is 1.20 bits per heavy atom. The monoisotopic (exact) mass is 272 g/mol. The molecule has 20 heavy (non-hydrogen) atoms. The number of aromatic carboxylic acids is 1. The van der Waals surface area contributed by atoms with Gasteiger partial charge >= 0.3 is 5.97 Å². The van der Waals surface area contributed by atoms with E-state index in [1.165, 1.54) is 31.4 Å².